The fourth-order valence-electron chi connectivity index (χ4n) is 4.24. The van der Waals surface area contributed by atoms with Gasteiger partial charge in [0.25, 0.3) is 0 Å². The Morgan fingerprint density at radius 2 is 1.72 bits per heavy atom. The van der Waals surface area contributed by atoms with Crippen molar-refractivity contribution in [2.75, 3.05) is 33.3 Å². The molecule has 0 aromatic heterocycles. The standard InChI is InChI=1S/C23H34N2O4/c1-15-9-18(19-12-25(13-19)22(27)29-23(3,4)5)10-16(2)20(15)14-24-8-7-17(11-24)21(26)28-6/h9-10,17,19H,7-8,11-14H2,1-6H3/t17-/m1/s1. The Morgan fingerprint density at radius 1 is 1.10 bits per heavy atom. The average Bonchev–Trinajstić information content (AvgIpc) is 3.03. The molecule has 0 N–H and O–H groups in total. The number of carbonyl (C=O) groups is 2. The SMILES string of the molecule is COC(=O)[C@@H]1CCN(Cc2c(C)cc(C3CN(C(=O)OC(C)(C)C)C3)cc2C)C1. The van der Waals surface area contributed by atoms with Gasteiger partial charge in [-0.25, -0.2) is 4.79 Å². The van der Waals surface area contributed by atoms with E-state index in [1.54, 1.807) is 4.90 Å². The number of esters is 1. The molecule has 6 nitrogen and oxygen atoms in total. The molecule has 0 aliphatic carbocycles. The number of carbonyl (C=O) groups excluding carboxylic acids is 2. The van der Waals surface area contributed by atoms with Gasteiger partial charge in [0.15, 0.2) is 0 Å². The first-order valence-corrected chi connectivity index (χ1v) is 10.5. The highest BCUT2D eigenvalue weighted by atomic mass is 16.6. The van der Waals surface area contributed by atoms with E-state index in [9.17, 15) is 9.59 Å². The van der Waals surface area contributed by atoms with Crippen LogP contribution in [0.1, 0.15) is 55.4 Å². The zero-order valence-electron chi connectivity index (χ0n) is 18.6. The number of methoxy groups -OCH3 is 1. The number of benzene rings is 1. The fourth-order valence-corrected chi connectivity index (χ4v) is 4.24. The molecule has 0 saturated carbocycles. The quantitative estimate of drug-likeness (QED) is 0.720. The van der Waals surface area contributed by atoms with Gasteiger partial charge in [0, 0.05) is 32.1 Å². The molecule has 0 bridgehead atoms. The third kappa shape index (κ3) is 5.10. The van der Waals surface area contributed by atoms with E-state index in [4.69, 9.17) is 9.47 Å². The van der Waals surface area contributed by atoms with Gasteiger partial charge in [-0.3, -0.25) is 9.69 Å². The van der Waals surface area contributed by atoms with Crippen molar-refractivity contribution < 1.29 is 19.1 Å². The van der Waals surface area contributed by atoms with Crippen LogP contribution in [-0.2, 0) is 20.8 Å². The van der Waals surface area contributed by atoms with Crippen LogP contribution in [0.15, 0.2) is 12.1 Å². The number of aryl methyl sites for hydroxylation is 2. The molecule has 0 radical (unpaired) electrons. The Kier molecular flexibility index (Phi) is 6.22. The molecule has 29 heavy (non-hydrogen) atoms. The lowest BCUT2D eigenvalue weighted by Crippen LogP contribution is -2.50. The van der Waals surface area contributed by atoms with E-state index < -0.39 is 5.60 Å². The first-order valence-electron chi connectivity index (χ1n) is 10.5. The normalized spacial score (nSPS) is 20.5. The first kappa shape index (κ1) is 21.6. The second-order valence-electron chi connectivity index (χ2n) is 9.46. The van der Waals surface area contributed by atoms with Crippen LogP contribution in [0.2, 0.25) is 0 Å². The van der Waals surface area contributed by atoms with E-state index >= 15 is 0 Å². The molecule has 3 rings (SSSR count). The molecule has 2 aliphatic heterocycles. The van der Waals surface area contributed by atoms with Crippen LogP contribution in [0.4, 0.5) is 4.79 Å². The molecule has 160 valence electrons. The van der Waals surface area contributed by atoms with Crippen molar-refractivity contribution in [3.8, 4) is 0 Å². The molecule has 0 unspecified atom stereocenters. The Hall–Kier alpha value is -2.08. The average molecular weight is 403 g/mol. The second kappa shape index (κ2) is 8.34. The maximum atomic E-state index is 12.2. The Morgan fingerprint density at radius 3 is 2.28 bits per heavy atom. The molecule has 1 atom stereocenters. The Balaban J connectivity index is 1.59. The number of amides is 1. The lowest BCUT2D eigenvalue weighted by molar-refractivity contribution is -0.144. The summed E-state index contributed by atoms with van der Waals surface area (Å²) in [5.41, 5.74) is 4.72. The lowest BCUT2D eigenvalue weighted by Gasteiger charge is -2.40. The first-order chi connectivity index (χ1) is 13.6. The number of rotatable bonds is 4. The summed E-state index contributed by atoms with van der Waals surface area (Å²) in [4.78, 5) is 28.0. The highest BCUT2D eigenvalue weighted by Crippen LogP contribution is 2.32. The summed E-state index contributed by atoms with van der Waals surface area (Å²) in [5, 5.41) is 0. The van der Waals surface area contributed by atoms with Gasteiger partial charge >= 0.3 is 12.1 Å². The van der Waals surface area contributed by atoms with Crippen molar-refractivity contribution in [1.29, 1.82) is 0 Å². The third-order valence-electron chi connectivity index (χ3n) is 5.91. The van der Waals surface area contributed by atoms with Crippen molar-refractivity contribution in [1.82, 2.24) is 9.80 Å². The monoisotopic (exact) mass is 402 g/mol. The largest absolute Gasteiger partial charge is 0.469 e. The minimum Gasteiger partial charge on any atom is -0.469 e. The van der Waals surface area contributed by atoms with Crippen LogP contribution in [0.3, 0.4) is 0 Å². The summed E-state index contributed by atoms with van der Waals surface area (Å²) in [6.07, 6.45) is 0.638. The highest BCUT2D eigenvalue weighted by Gasteiger charge is 2.35. The van der Waals surface area contributed by atoms with E-state index in [2.05, 4.69) is 30.9 Å². The van der Waals surface area contributed by atoms with E-state index in [0.29, 0.717) is 19.0 Å². The van der Waals surface area contributed by atoms with E-state index in [1.165, 1.54) is 29.4 Å². The maximum absolute atomic E-state index is 12.2. The van der Waals surface area contributed by atoms with Gasteiger partial charge in [-0.15, -0.1) is 0 Å². The van der Waals surface area contributed by atoms with Crippen LogP contribution in [0, 0.1) is 19.8 Å². The van der Waals surface area contributed by atoms with Gasteiger partial charge in [-0.2, -0.15) is 0 Å². The van der Waals surface area contributed by atoms with Crippen molar-refractivity contribution in [3.63, 3.8) is 0 Å². The number of likely N-dealkylation sites (tertiary alicyclic amines) is 2. The van der Waals surface area contributed by atoms with Crippen LogP contribution in [-0.4, -0.2) is 60.8 Å². The van der Waals surface area contributed by atoms with Crippen LogP contribution >= 0.6 is 0 Å². The van der Waals surface area contributed by atoms with Gasteiger partial charge in [-0.1, -0.05) is 12.1 Å². The molecule has 1 aromatic rings. The zero-order chi connectivity index (χ0) is 21.3. The second-order valence-corrected chi connectivity index (χ2v) is 9.46. The summed E-state index contributed by atoms with van der Waals surface area (Å²) >= 11 is 0. The van der Waals surface area contributed by atoms with Gasteiger partial charge < -0.3 is 14.4 Å². The minimum absolute atomic E-state index is 0.00583. The predicted octanol–water partition coefficient (Wildman–Crippen LogP) is 3.63. The van der Waals surface area contributed by atoms with Crippen LogP contribution < -0.4 is 0 Å². The molecular formula is C23H34N2O4. The molecule has 1 amide bonds. The number of hydrogen-bond acceptors (Lipinski definition) is 5. The molecule has 2 fully saturated rings. The van der Waals surface area contributed by atoms with Crippen molar-refractivity contribution in [2.24, 2.45) is 5.92 Å². The lowest BCUT2D eigenvalue weighted by atomic mass is 9.87. The van der Waals surface area contributed by atoms with E-state index in [0.717, 1.165) is 26.1 Å². The summed E-state index contributed by atoms with van der Waals surface area (Å²) < 4.78 is 10.3. The van der Waals surface area contributed by atoms with E-state index in [-0.39, 0.29) is 18.0 Å². The van der Waals surface area contributed by atoms with Gasteiger partial charge in [0.05, 0.1) is 13.0 Å². The summed E-state index contributed by atoms with van der Waals surface area (Å²) in [6, 6.07) is 4.51. The number of nitrogens with zero attached hydrogens (tertiary/aromatic N) is 2. The van der Waals surface area contributed by atoms with Crippen molar-refractivity contribution in [2.45, 2.75) is 59.1 Å². The Labute approximate surface area is 174 Å². The van der Waals surface area contributed by atoms with Crippen molar-refractivity contribution in [3.05, 3.63) is 34.4 Å². The van der Waals surface area contributed by atoms with Gasteiger partial charge in [0.2, 0.25) is 0 Å². The topological polar surface area (TPSA) is 59.1 Å². The molecule has 2 saturated heterocycles. The van der Waals surface area contributed by atoms with Crippen LogP contribution in [0.5, 0.6) is 0 Å². The van der Waals surface area contributed by atoms with Gasteiger partial charge in [-0.05, 0) is 69.8 Å². The molecule has 0 spiro atoms. The minimum atomic E-state index is -0.459. The van der Waals surface area contributed by atoms with Gasteiger partial charge in [0.1, 0.15) is 5.60 Å². The number of ether oxygens (including phenoxy) is 2. The van der Waals surface area contributed by atoms with Crippen molar-refractivity contribution >= 4 is 12.1 Å². The summed E-state index contributed by atoms with van der Waals surface area (Å²) in [5.74, 6) is 0.258. The third-order valence-corrected chi connectivity index (χ3v) is 5.91. The molecule has 6 heteroatoms. The number of hydrogen-bond donors (Lipinski definition) is 0. The maximum Gasteiger partial charge on any atom is 0.410 e. The molecule has 2 aliphatic rings. The molecular weight excluding hydrogens is 368 g/mol. The zero-order valence-corrected chi connectivity index (χ0v) is 18.6. The fraction of sp³-hybridized carbons (Fsp3) is 0.652. The summed E-state index contributed by atoms with van der Waals surface area (Å²) in [6.45, 7) is 14.0. The molecule has 1 aromatic carbocycles. The predicted molar refractivity (Wildman–Crippen MR) is 112 cm³/mol. The van der Waals surface area contributed by atoms with Crippen LogP contribution in [0.25, 0.3) is 0 Å². The summed E-state index contributed by atoms with van der Waals surface area (Å²) in [7, 11) is 1.46. The highest BCUT2D eigenvalue weighted by molar-refractivity contribution is 5.72. The van der Waals surface area contributed by atoms with E-state index in [1.807, 2.05) is 20.8 Å². The Bertz CT molecular complexity index is 755. The smallest absolute Gasteiger partial charge is 0.410 e. The molecule has 2 heterocycles.